The predicted octanol–water partition coefficient (Wildman–Crippen LogP) is 4.93. The first-order chi connectivity index (χ1) is 19.7. The van der Waals surface area contributed by atoms with Crippen LogP contribution in [0.15, 0.2) is 79.3 Å². The number of hydrogen-bond donors (Lipinski definition) is 4. The summed E-state index contributed by atoms with van der Waals surface area (Å²) in [6, 6.07) is 18.1. The number of carboxylic acids is 1. The summed E-state index contributed by atoms with van der Waals surface area (Å²) in [6.45, 7) is 4.80. The molecule has 0 radical (unpaired) electrons. The monoisotopic (exact) mass is 546 g/mol. The second-order valence-corrected chi connectivity index (χ2v) is 9.84. The Bertz CT molecular complexity index is 1790. The summed E-state index contributed by atoms with van der Waals surface area (Å²) in [5.74, 6) is -0.851. The molecule has 9 heteroatoms. The zero-order valence-electron chi connectivity index (χ0n) is 22.8. The van der Waals surface area contributed by atoms with Crippen LogP contribution in [0.5, 0.6) is 0 Å². The zero-order valence-corrected chi connectivity index (χ0v) is 22.8. The third kappa shape index (κ3) is 5.69. The normalized spacial score (nSPS) is 11.0. The van der Waals surface area contributed by atoms with Gasteiger partial charge in [0.2, 0.25) is 0 Å². The Hall–Kier alpha value is -5.31. The molecule has 41 heavy (non-hydrogen) atoms. The second kappa shape index (κ2) is 11.4. The fourth-order valence-electron chi connectivity index (χ4n) is 5.02. The molecular weight excluding hydrogens is 516 g/mol. The zero-order chi connectivity index (χ0) is 29.1. The molecule has 9 nitrogen and oxygen atoms in total. The second-order valence-electron chi connectivity index (χ2n) is 9.84. The van der Waals surface area contributed by atoms with Crippen LogP contribution in [0.2, 0.25) is 0 Å². The first-order valence-corrected chi connectivity index (χ1v) is 13.2. The van der Waals surface area contributed by atoms with Crippen molar-refractivity contribution in [2.75, 3.05) is 0 Å². The summed E-state index contributed by atoms with van der Waals surface area (Å²) in [5, 5.41) is 21.7. The number of carboxylic acid groups (broad SMARTS) is 1. The van der Waals surface area contributed by atoms with Crippen LogP contribution in [0.1, 0.15) is 55.7 Å². The van der Waals surface area contributed by atoms with Crippen LogP contribution in [0.3, 0.4) is 0 Å². The molecule has 2 aromatic heterocycles. The van der Waals surface area contributed by atoms with E-state index in [0.717, 1.165) is 34.1 Å². The number of aryl methyl sites for hydroxylation is 2. The Kier molecular flexibility index (Phi) is 7.60. The van der Waals surface area contributed by atoms with Gasteiger partial charge >= 0.3 is 5.97 Å². The highest BCUT2D eigenvalue weighted by Gasteiger charge is 2.19. The van der Waals surface area contributed by atoms with Crippen molar-refractivity contribution < 1.29 is 14.7 Å². The first-order valence-electron chi connectivity index (χ1n) is 13.2. The summed E-state index contributed by atoms with van der Waals surface area (Å²) in [4.78, 5) is 33.7. The molecule has 1 amide bonds. The molecule has 0 bridgehead atoms. The van der Waals surface area contributed by atoms with Crippen molar-refractivity contribution in [1.82, 2.24) is 19.9 Å². The quantitative estimate of drug-likeness (QED) is 0.152. The van der Waals surface area contributed by atoms with Gasteiger partial charge in [-0.3, -0.25) is 10.2 Å². The maximum absolute atomic E-state index is 13.1. The van der Waals surface area contributed by atoms with Crippen LogP contribution in [0, 0.1) is 12.3 Å². The van der Waals surface area contributed by atoms with E-state index in [-0.39, 0.29) is 23.9 Å². The molecule has 2 heterocycles. The highest BCUT2D eigenvalue weighted by Crippen LogP contribution is 2.33. The number of carbonyl (C=O) groups is 2. The van der Waals surface area contributed by atoms with Crippen LogP contribution in [0.4, 0.5) is 0 Å². The third-order valence-electron chi connectivity index (χ3n) is 7.09. The van der Waals surface area contributed by atoms with Crippen LogP contribution in [-0.2, 0) is 19.5 Å². The molecule has 0 atom stereocenters. The van der Waals surface area contributed by atoms with Gasteiger partial charge in [-0.05, 0) is 66.4 Å². The van der Waals surface area contributed by atoms with Gasteiger partial charge in [-0.25, -0.2) is 14.8 Å². The SMILES string of the molecule is CCn1cc(Cc2ccc(C(=O)NCc3ncccn3)cc2-c2ccc(C)cc2C(=O)O)c2ccc(C(=N)N)cc21. The lowest BCUT2D eigenvalue weighted by atomic mass is 9.89. The van der Waals surface area contributed by atoms with E-state index in [2.05, 4.69) is 33.0 Å². The third-order valence-corrected chi connectivity index (χ3v) is 7.09. The minimum Gasteiger partial charge on any atom is -0.478 e. The molecule has 0 saturated carbocycles. The van der Waals surface area contributed by atoms with E-state index in [4.69, 9.17) is 11.1 Å². The lowest BCUT2D eigenvalue weighted by Crippen LogP contribution is -2.24. The van der Waals surface area contributed by atoms with E-state index in [1.54, 1.807) is 42.7 Å². The Morgan fingerprint density at radius 2 is 1.73 bits per heavy atom. The largest absolute Gasteiger partial charge is 0.478 e. The minimum atomic E-state index is -1.04. The number of benzene rings is 3. The van der Waals surface area contributed by atoms with Gasteiger partial charge in [-0.15, -0.1) is 0 Å². The minimum absolute atomic E-state index is 0.00727. The van der Waals surface area contributed by atoms with Crippen molar-refractivity contribution in [3.63, 3.8) is 0 Å². The average Bonchev–Trinajstić information content (AvgIpc) is 3.33. The van der Waals surface area contributed by atoms with Crippen molar-refractivity contribution in [3.8, 4) is 11.1 Å². The van der Waals surface area contributed by atoms with E-state index in [0.29, 0.717) is 34.5 Å². The highest BCUT2D eigenvalue weighted by atomic mass is 16.4. The van der Waals surface area contributed by atoms with Crippen molar-refractivity contribution in [3.05, 3.63) is 118 Å². The highest BCUT2D eigenvalue weighted by molar-refractivity contribution is 6.01. The van der Waals surface area contributed by atoms with Gasteiger partial charge in [0, 0.05) is 53.6 Å². The van der Waals surface area contributed by atoms with Gasteiger partial charge in [0.25, 0.3) is 5.91 Å². The molecule has 5 rings (SSSR count). The fourth-order valence-corrected chi connectivity index (χ4v) is 5.02. The molecule has 0 fully saturated rings. The van der Waals surface area contributed by atoms with Crippen molar-refractivity contribution in [2.45, 2.75) is 33.4 Å². The van der Waals surface area contributed by atoms with Gasteiger partial charge in [0.15, 0.2) is 0 Å². The van der Waals surface area contributed by atoms with Gasteiger partial charge in [0.05, 0.1) is 12.1 Å². The van der Waals surface area contributed by atoms with Crippen molar-refractivity contribution in [2.24, 2.45) is 5.73 Å². The van der Waals surface area contributed by atoms with E-state index in [9.17, 15) is 14.7 Å². The van der Waals surface area contributed by atoms with Crippen molar-refractivity contribution in [1.29, 1.82) is 5.41 Å². The van der Waals surface area contributed by atoms with Gasteiger partial charge in [-0.2, -0.15) is 0 Å². The maximum atomic E-state index is 13.1. The van der Waals surface area contributed by atoms with Crippen LogP contribution >= 0.6 is 0 Å². The Morgan fingerprint density at radius 3 is 2.44 bits per heavy atom. The molecule has 0 aliphatic carbocycles. The lowest BCUT2D eigenvalue weighted by molar-refractivity contribution is 0.0697. The average molecular weight is 547 g/mol. The van der Waals surface area contributed by atoms with E-state index < -0.39 is 5.97 Å². The molecule has 3 aromatic carbocycles. The van der Waals surface area contributed by atoms with Crippen LogP contribution < -0.4 is 11.1 Å². The number of hydrogen-bond acceptors (Lipinski definition) is 5. The number of nitrogens with two attached hydrogens (primary N) is 1. The molecule has 5 aromatic rings. The Morgan fingerprint density at radius 1 is 0.976 bits per heavy atom. The van der Waals surface area contributed by atoms with E-state index >= 15 is 0 Å². The summed E-state index contributed by atoms with van der Waals surface area (Å²) in [7, 11) is 0. The maximum Gasteiger partial charge on any atom is 0.336 e. The fraction of sp³-hybridized carbons (Fsp3) is 0.156. The smallest absolute Gasteiger partial charge is 0.336 e. The number of fused-ring (bicyclic) bond motifs is 1. The molecule has 0 saturated heterocycles. The molecule has 0 spiro atoms. The molecule has 206 valence electrons. The summed E-state index contributed by atoms with van der Waals surface area (Å²) in [6.07, 6.45) is 5.81. The van der Waals surface area contributed by atoms with E-state index in [1.807, 2.05) is 37.3 Å². The number of nitrogens with one attached hydrogen (secondary N) is 2. The topological polar surface area (TPSA) is 147 Å². The summed E-state index contributed by atoms with van der Waals surface area (Å²) in [5.41, 5.74) is 11.9. The van der Waals surface area contributed by atoms with Crippen molar-refractivity contribution >= 4 is 28.6 Å². The number of nitrogen functional groups attached to an aromatic ring is 1. The number of rotatable bonds is 9. The first kappa shape index (κ1) is 27.3. The predicted molar refractivity (Wildman–Crippen MR) is 158 cm³/mol. The number of amidine groups is 1. The Balaban J connectivity index is 1.59. The van der Waals surface area contributed by atoms with Crippen LogP contribution in [-0.4, -0.2) is 37.4 Å². The number of aromatic carboxylic acids is 1. The molecule has 0 aliphatic rings. The standard InChI is InChI=1S/C32H30N6O3/c1-3-38-18-23(24-10-8-21(30(33)34)16-28(24)38)14-20-6-7-22(31(39)37-17-29-35-11-4-12-36-29)15-26(20)25-9-5-19(2)13-27(25)32(40)41/h4-13,15-16,18H,3,14,17H2,1-2H3,(H3,33,34)(H,37,39)(H,40,41). The number of amides is 1. The van der Waals surface area contributed by atoms with Gasteiger partial charge < -0.3 is 20.7 Å². The van der Waals surface area contributed by atoms with E-state index in [1.165, 1.54) is 0 Å². The summed E-state index contributed by atoms with van der Waals surface area (Å²) >= 11 is 0. The number of aromatic nitrogens is 3. The van der Waals surface area contributed by atoms with Gasteiger partial charge in [-0.1, -0.05) is 35.9 Å². The Labute approximate surface area is 237 Å². The molecule has 0 aliphatic heterocycles. The lowest BCUT2D eigenvalue weighted by Gasteiger charge is -2.15. The molecule has 0 unspecified atom stereocenters. The molecule has 5 N–H and O–H groups in total. The molecular formula is C32H30N6O3. The van der Waals surface area contributed by atoms with Gasteiger partial charge in [0.1, 0.15) is 11.7 Å². The summed E-state index contributed by atoms with van der Waals surface area (Å²) < 4.78 is 2.11. The number of nitrogens with zero attached hydrogens (tertiary/aromatic N) is 3. The van der Waals surface area contributed by atoms with Crippen LogP contribution in [0.25, 0.3) is 22.0 Å². The number of carbonyl (C=O) groups excluding carboxylic acids is 1.